The van der Waals surface area contributed by atoms with Crippen molar-refractivity contribution >= 4 is 35.7 Å². The highest BCUT2D eigenvalue weighted by Gasteiger charge is 2.35. The normalized spacial score (nSPS) is 17.8. The zero-order chi connectivity index (χ0) is 25.6. The van der Waals surface area contributed by atoms with E-state index in [9.17, 15) is 14.0 Å². The van der Waals surface area contributed by atoms with E-state index in [1.807, 2.05) is 30.3 Å². The first-order valence-corrected chi connectivity index (χ1v) is 12.6. The quantitative estimate of drug-likeness (QED) is 0.470. The van der Waals surface area contributed by atoms with Gasteiger partial charge in [-0.15, -0.1) is 17.5 Å². The summed E-state index contributed by atoms with van der Waals surface area (Å²) in [7, 11) is 0. The van der Waals surface area contributed by atoms with Crippen molar-refractivity contribution in [3.8, 4) is 0 Å². The molecule has 1 N–H and O–H groups in total. The van der Waals surface area contributed by atoms with Crippen LogP contribution in [0.5, 0.6) is 0 Å². The third-order valence-electron chi connectivity index (χ3n) is 6.81. The number of nitrogens with one attached hydrogen (secondary N) is 1. The molecule has 8 nitrogen and oxygen atoms in total. The van der Waals surface area contributed by atoms with Crippen LogP contribution in [0, 0.1) is 11.7 Å². The van der Waals surface area contributed by atoms with Gasteiger partial charge in [0, 0.05) is 38.3 Å². The molecule has 5 rings (SSSR count). The van der Waals surface area contributed by atoms with Gasteiger partial charge in [0.15, 0.2) is 5.82 Å². The van der Waals surface area contributed by atoms with Crippen LogP contribution in [0.25, 0.3) is 0 Å². The van der Waals surface area contributed by atoms with Crippen molar-refractivity contribution in [3.05, 3.63) is 83.3 Å². The Bertz CT molecular complexity index is 1220. The van der Waals surface area contributed by atoms with Gasteiger partial charge in [0.1, 0.15) is 5.82 Å². The van der Waals surface area contributed by atoms with Crippen LogP contribution in [-0.4, -0.2) is 59.8 Å². The second-order valence-electron chi connectivity index (χ2n) is 9.49. The monoisotopic (exact) mass is 539 g/mol. The second-order valence-corrected chi connectivity index (χ2v) is 9.49. The summed E-state index contributed by atoms with van der Waals surface area (Å²) < 4.78 is 18.4. The van der Waals surface area contributed by atoms with Gasteiger partial charge in [-0.05, 0) is 60.4 Å². The van der Waals surface area contributed by atoms with E-state index in [2.05, 4.69) is 20.4 Å². The highest BCUT2D eigenvalue weighted by molar-refractivity contribution is 6.03. The fourth-order valence-corrected chi connectivity index (χ4v) is 4.64. The number of ether oxygens (including phenoxy) is 1. The number of rotatable bonds is 8. The minimum absolute atomic E-state index is 0. The molecule has 2 amide bonds. The van der Waals surface area contributed by atoms with Crippen LogP contribution >= 0.6 is 12.4 Å². The minimum Gasteiger partial charge on any atom is -0.379 e. The van der Waals surface area contributed by atoms with E-state index in [-0.39, 0.29) is 36.5 Å². The molecule has 10 heteroatoms. The number of hydrogen-bond acceptors (Lipinski definition) is 6. The van der Waals surface area contributed by atoms with E-state index in [0.717, 1.165) is 56.2 Å². The predicted molar refractivity (Wildman–Crippen MR) is 145 cm³/mol. The third-order valence-corrected chi connectivity index (χ3v) is 6.81. The largest absolute Gasteiger partial charge is 0.379 e. The first kappa shape index (κ1) is 27.6. The van der Waals surface area contributed by atoms with Crippen molar-refractivity contribution in [2.45, 2.75) is 25.8 Å². The number of hydrogen-bond donors (Lipinski definition) is 1. The molecule has 200 valence electrons. The number of nitrogens with zero attached hydrogens (tertiary/aromatic N) is 4. The SMILES string of the molecule is Cl.O=C(Nc1ccc(CCc2ccc(F)cc2)nn1)[C@H]1CC(=O)N(c2ccc(CN3CCOCC3)cc2)C1. The Balaban J connectivity index is 0.00000336. The molecule has 2 aliphatic heterocycles. The van der Waals surface area contributed by atoms with Gasteiger partial charge in [0.25, 0.3) is 0 Å². The fourth-order valence-electron chi connectivity index (χ4n) is 4.64. The van der Waals surface area contributed by atoms with Crippen LogP contribution in [0.4, 0.5) is 15.9 Å². The topological polar surface area (TPSA) is 87.7 Å². The molecule has 3 aromatic rings. The molecular formula is C28H31ClFN5O3. The summed E-state index contributed by atoms with van der Waals surface area (Å²) in [5, 5.41) is 11.1. The first-order chi connectivity index (χ1) is 18.0. The van der Waals surface area contributed by atoms with Gasteiger partial charge in [-0.3, -0.25) is 14.5 Å². The lowest BCUT2D eigenvalue weighted by Gasteiger charge is -2.26. The molecule has 38 heavy (non-hydrogen) atoms. The van der Waals surface area contributed by atoms with Gasteiger partial charge in [-0.1, -0.05) is 24.3 Å². The van der Waals surface area contributed by atoms with Crippen molar-refractivity contribution < 1.29 is 18.7 Å². The zero-order valence-corrected chi connectivity index (χ0v) is 21.8. The Morgan fingerprint density at radius 1 is 0.947 bits per heavy atom. The highest BCUT2D eigenvalue weighted by Crippen LogP contribution is 2.26. The molecule has 2 fully saturated rings. The van der Waals surface area contributed by atoms with Crippen LogP contribution in [0.1, 0.15) is 23.2 Å². The molecule has 0 unspecified atom stereocenters. The van der Waals surface area contributed by atoms with Gasteiger partial charge in [-0.25, -0.2) is 4.39 Å². The van der Waals surface area contributed by atoms with Gasteiger partial charge < -0.3 is 15.0 Å². The summed E-state index contributed by atoms with van der Waals surface area (Å²) >= 11 is 0. The number of amides is 2. The van der Waals surface area contributed by atoms with E-state index in [1.165, 1.54) is 17.7 Å². The van der Waals surface area contributed by atoms with E-state index in [4.69, 9.17) is 4.74 Å². The molecular weight excluding hydrogens is 509 g/mol. The molecule has 0 saturated carbocycles. The molecule has 1 atom stereocenters. The van der Waals surface area contributed by atoms with Crippen molar-refractivity contribution in [2.75, 3.05) is 43.1 Å². The first-order valence-electron chi connectivity index (χ1n) is 12.6. The summed E-state index contributed by atoms with van der Waals surface area (Å²) in [4.78, 5) is 29.5. The Kier molecular flexibility index (Phi) is 9.38. The number of benzene rings is 2. The smallest absolute Gasteiger partial charge is 0.231 e. The Morgan fingerprint density at radius 2 is 1.66 bits per heavy atom. The molecule has 2 aliphatic rings. The Labute approximate surface area is 227 Å². The molecule has 3 heterocycles. The highest BCUT2D eigenvalue weighted by atomic mass is 35.5. The Hall–Kier alpha value is -3.40. The number of aryl methyl sites for hydroxylation is 2. The van der Waals surface area contributed by atoms with Crippen molar-refractivity contribution in [1.29, 1.82) is 0 Å². The molecule has 2 aromatic carbocycles. The molecule has 0 spiro atoms. The number of carbonyl (C=O) groups is 2. The zero-order valence-electron chi connectivity index (χ0n) is 21.0. The van der Waals surface area contributed by atoms with Gasteiger partial charge >= 0.3 is 0 Å². The van der Waals surface area contributed by atoms with Gasteiger partial charge in [-0.2, -0.15) is 5.10 Å². The summed E-state index contributed by atoms with van der Waals surface area (Å²) in [6, 6.07) is 17.9. The third kappa shape index (κ3) is 7.12. The van der Waals surface area contributed by atoms with E-state index >= 15 is 0 Å². The van der Waals surface area contributed by atoms with Crippen LogP contribution in [0.2, 0.25) is 0 Å². The minimum atomic E-state index is -0.458. The number of morpholine rings is 1. The van der Waals surface area contributed by atoms with E-state index in [0.29, 0.717) is 18.8 Å². The maximum atomic E-state index is 13.0. The molecule has 1 aromatic heterocycles. The van der Waals surface area contributed by atoms with Crippen LogP contribution in [0.15, 0.2) is 60.7 Å². The van der Waals surface area contributed by atoms with Crippen molar-refractivity contribution in [3.63, 3.8) is 0 Å². The summed E-state index contributed by atoms with van der Waals surface area (Å²) in [6.07, 6.45) is 1.53. The maximum absolute atomic E-state index is 13.0. The number of halogens is 2. The summed E-state index contributed by atoms with van der Waals surface area (Å²) in [6.45, 7) is 4.55. The predicted octanol–water partition coefficient (Wildman–Crippen LogP) is 3.65. The van der Waals surface area contributed by atoms with Gasteiger partial charge in [0.2, 0.25) is 11.8 Å². The second kappa shape index (κ2) is 12.9. The maximum Gasteiger partial charge on any atom is 0.231 e. The lowest BCUT2D eigenvalue weighted by Crippen LogP contribution is -2.35. The average molecular weight is 540 g/mol. The molecule has 0 aliphatic carbocycles. The summed E-state index contributed by atoms with van der Waals surface area (Å²) in [5.74, 6) is -0.668. The average Bonchev–Trinajstić information content (AvgIpc) is 3.32. The number of aromatic nitrogens is 2. The molecule has 0 bridgehead atoms. The summed E-state index contributed by atoms with van der Waals surface area (Å²) in [5.41, 5.74) is 3.78. The fraction of sp³-hybridized carbons (Fsp3) is 0.357. The van der Waals surface area contributed by atoms with Crippen molar-refractivity contribution in [1.82, 2.24) is 15.1 Å². The molecule has 2 saturated heterocycles. The standard InChI is InChI=1S/C28H30FN5O3.ClH/c29-23-6-1-20(2-7-23)3-8-24-9-12-26(32-31-24)30-28(36)22-17-27(35)34(19-22)25-10-4-21(5-11-25)18-33-13-15-37-16-14-33;/h1-2,4-7,9-12,22H,3,8,13-19H2,(H,30,32,36);1H/t22-;/m0./s1. The molecule has 0 radical (unpaired) electrons. The van der Waals surface area contributed by atoms with Crippen LogP contribution < -0.4 is 10.2 Å². The Morgan fingerprint density at radius 3 is 2.34 bits per heavy atom. The number of anilines is 2. The lowest BCUT2D eigenvalue weighted by molar-refractivity contribution is -0.122. The lowest BCUT2D eigenvalue weighted by atomic mass is 10.1. The van der Waals surface area contributed by atoms with Crippen LogP contribution in [-0.2, 0) is 33.7 Å². The van der Waals surface area contributed by atoms with Crippen molar-refractivity contribution in [2.24, 2.45) is 5.92 Å². The van der Waals surface area contributed by atoms with Gasteiger partial charge in [0.05, 0.1) is 24.8 Å². The number of carbonyl (C=O) groups excluding carboxylic acids is 2. The van der Waals surface area contributed by atoms with E-state index < -0.39 is 5.92 Å². The van der Waals surface area contributed by atoms with E-state index in [1.54, 1.807) is 23.1 Å². The van der Waals surface area contributed by atoms with Crippen LogP contribution in [0.3, 0.4) is 0 Å².